The highest BCUT2D eigenvalue weighted by Gasteiger charge is 2.33. The first-order valence-electron chi connectivity index (χ1n) is 3.76. The van der Waals surface area contributed by atoms with Crippen LogP contribution in [0.25, 0.3) is 0 Å². The summed E-state index contributed by atoms with van der Waals surface area (Å²) in [5.41, 5.74) is 0. The zero-order valence-corrected chi connectivity index (χ0v) is 9.74. The number of alkyl carbamates (subject to hydrolysis) is 1. The largest absolute Gasteiger partial charge is 0.453 e. The van der Waals surface area contributed by atoms with Crippen molar-refractivity contribution in [3.8, 4) is 0 Å². The van der Waals surface area contributed by atoms with Crippen LogP contribution in [0.4, 0.5) is 9.59 Å². The van der Waals surface area contributed by atoms with Crippen molar-refractivity contribution in [3.63, 3.8) is 0 Å². The van der Waals surface area contributed by atoms with E-state index in [2.05, 4.69) is 13.8 Å². The molecule has 0 aliphatic rings. The summed E-state index contributed by atoms with van der Waals surface area (Å²) >= 11 is 0. The first-order chi connectivity index (χ1) is 6.91. The van der Waals surface area contributed by atoms with E-state index in [0.29, 0.717) is 4.67 Å². The van der Waals surface area contributed by atoms with Gasteiger partial charge in [0, 0.05) is 21.3 Å². The molecule has 88 valence electrons. The van der Waals surface area contributed by atoms with Gasteiger partial charge in [0.1, 0.15) is 0 Å². The Labute approximate surface area is 87.1 Å². The number of urea groups is 1. The van der Waals surface area contributed by atoms with Crippen molar-refractivity contribution in [2.75, 3.05) is 28.4 Å². The first kappa shape index (κ1) is 13.9. The summed E-state index contributed by atoms with van der Waals surface area (Å²) in [6.45, 7) is 0. The topological polar surface area (TPSA) is 94.2 Å². The smallest absolute Gasteiger partial charge is 0.438 e. The Balaban J connectivity index is 4.57. The number of hydrogen-bond acceptors (Lipinski definition) is 6. The second kappa shape index (κ2) is 5.69. The summed E-state index contributed by atoms with van der Waals surface area (Å²) in [5, 5.41) is 1.80. The third-order valence-corrected chi connectivity index (χ3v) is 3.36. The fourth-order valence-corrected chi connectivity index (χ4v) is 1.56. The lowest BCUT2D eigenvalue weighted by Gasteiger charge is -2.23. The van der Waals surface area contributed by atoms with Crippen LogP contribution in [0.5, 0.6) is 0 Å². The van der Waals surface area contributed by atoms with Gasteiger partial charge in [0.15, 0.2) is 0 Å². The maximum Gasteiger partial charge on any atom is 0.438 e. The molecule has 0 saturated heterocycles. The van der Waals surface area contributed by atoms with Crippen LogP contribution in [0, 0.1) is 0 Å². The Bertz CT molecular complexity index is 285. The van der Waals surface area contributed by atoms with E-state index in [1.165, 1.54) is 0 Å². The summed E-state index contributed by atoms with van der Waals surface area (Å²) in [7, 11) is 0.804. The molecule has 0 spiro atoms. The molecule has 0 atom stereocenters. The Morgan fingerprint density at radius 3 is 2.00 bits per heavy atom. The van der Waals surface area contributed by atoms with E-state index in [1.807, 2.05) is 0 Å². The van der Waals surface area contributed by atoms with Crippen molar-refractivity contribution in [2.24, 2.45) is 0 Å². The molecule has 0 rings (SSSR count). The minimum absolute atomic E-state index is 0.643. The molecule has 0 bridgehead atoms. The minimum Gasteiger partial charge on any atom is -0.453 e. The molecular weight excluding hydrogens is 227 g/mol. The third kappa shape index (κ3) is 3.50. The van der Waals surface area contributed by atoms with Gasteiger partial charge in [-0.2, -0.15) is 0 Å². The van der Waals surface area contributed by atoms with Crippen LogP contribution in [-0.4, -0.2) is 45.2 Å². The monoisotopic (exact) mass is 240 g/mol. The lowest BCUT2D eigenvalue weighted by molar-refractivity contribution is 0.165. The Hall–Kier alpha value is -1.11. The summed E-state index contributed by atoms with van der Waals surface area (Å²) < 4.78 is 25.5. The molecule has 0 aromatic rings. The molecule has 0 aliphatic carbocycles. The van der Waals surface area contributed by atoms with Gasteiger partial charge in [-0.15, -0.1) is 0 Å². The molecule has 0 fully saturated rings. The standard InChI is InChI=1S/C6H13N2O6P/c1-8(15(11,13-3)14-4)5(9)7-6(10)12-2/h1-4H3,(H,7,9,10). The van der Waals surface area contributed by atoms with E-state index in [-0.39, 0.29) is 0 Å². The minimum atomic E-state index is -3.68. The molecule has 0 heterocycles. The van der Waals surface area contributed by atoms with E-state index in [4.69, 9.17) is 0 Å². The molecule has 1 N–H and O–H groups in total. The quantitative estimate of drug-likeness (QED) is 0.733. The third-order valence-electron chi connectivity index (χ3n) is 1.52. The molecule has 15 heavy (non-hydrogen) atoms. The van der Waals surface area contributed by atoms with Crippen molar-refractivity contribution in [1.82, 2.24) is 9.99 Å². The summed E-state index contributed by atoms with van der Waals surface area (Å²) in [5.74, 6) is 0. The molecule has 0 aromatic heterocycles. The first-order valence-corrected chi connectivity index (χ1v) is 5.25. The molecule has 0 aromatic carbocycles. The molecular formula is C6H13N2O6P. The van der Waals surface area contributed by atoms with Crippen LogP contribution in [0.15, 0.2) is 0 Å². The number of methoxy groups -OCH3 is 1. The predicted molar refractivity (Wildman–Crippen MR) is 50.3 cm³/mol. The van der Waals surface area contributed by atoms with Gasteiger partial charge in [0.25, 0.3) is 0 Å². The van der Waals surface area contributed by atoms with Gasteiger partial charge in [0.05, 0.1) is 7.11 Å². The van der Waals surface area contributed by atoms with Gasteiger partial charge in [-0.25, -0.2) is 24.1 Å². The SMILES string of the molecule is COC(=O)NC(=O)N(C)P(=O)(OC)OC. The zero-order chi connectivity index (χ0) is 12.1. The van der Waals surface area contributed by atoms with Crippen LogP contribution in [0.3, 0.4) is 0 Å². The fourth-order valence-electron chi connectivity index (χ4n) is 0.650. The van der Waals surface area contributed by atoms with E-state index in [9.17, 15) is 14.2 Å². The number of rotatable bonds is 3. The van der Waals surface area contributed by atoms with E-state index in [0.717, 1.165) is 28.4 Å². The van der Waals surface area contributed by atoms with E-state index in [1.54, 1.807) is 5.32 Å². The molecule has 0 saturated carbocycles. The highest BCUT2D eigenvalue weighted by atomic mass is 31.2. The van der Waals surface area contributed by atoms with Gasteiger partial charge >= 0.3 is 19.9 Å². The van der Waals surface area contributed by atoms with Crippen molar-refractivity contribution >= 4 is 19.9 Å². The van der Waals surface area contributed by atoms with E-state index < -0.39 is 19.9 Å². The lowest BCUT2D eigenvalue weighted by atomic mass is 10.9. The number of nitrogens with zero attached hydrogens (tertiary/aromatic N) is 1. The van der Waals surface area contributed by atoms with Crippen LogP contribution >= 0.6 is 7.75 Å². The maximum atomic E-state index is 11.6. The van der Waals surface area contributed by atoms with Gasteiger partial charge in [-0.05, 0) is 0 Å². The average Bonchev–Trinajstić information content (AvgIpc) is 2.26. The number of amides is 3. The van der Waals surface area contributed by atoms with Crippen LogP contribution in [0.1, 0.15) is 0 Å². The molecule has 9 heteroatoms. The van der Waals surface area contributed by atoms with E-state index >= 15 is 0 Å². The number of imide groups is 1. The molecule has 3 amide bonds. The summed E-state index contributed by atoms with van der Waals surface area (Å²) in [6.07, 6.45) is -0.967. The van der Waals surface area contributed by atoms with Crippen molar-refractivity contribution in [3.05, 3.63) is 0 Å². The maximum absolute atomic E-state index is 11.6. The number of carbonyl (C=O) groups is 2. The molecule has 0 unspecified atom stereocenters. The normalized spacial score (nSPS) is 10.7. The van der Waals surface area contributed by atoms with Crippen molar-refractivity contribution < 1.29 is 27.9 Å². The van der Waals surface area contributed by atoms with Gasteiger partial charge in [-0.1, -0.05) is 0 Å². The molecule has 8 nitrogen and oxygen atoms in total. The summed E-state index contributed by atoms with van der Waals surface area (Å²) in [4.78, 5) is 21.9. The van der Waals surface area contributed by atoms with Crippen LogP contribution < -0.4 is 5.32 Å². The Morgan fingerprint density at radius 1 is 1.20 bits per heavy atom. The molecule has 0 radical (unpaired) electrons. The number of carbonyl (C=O) groups excluding carboxylic acids is 2. The Kier molecular flexibility index (Phi) is 5.27. The van der Waals surface area contributed by atoms with Crippen LogP contribution in [-0.2, 0) is 18.3 Å². The second-order valence-electron chi connectivity index (χ2n) is 2.28. The highest BCUT2D eigenvalue weighted by Crippen LogP contribution is 2.49. The molecule has 0 aliphatic heterocycles. The number of hydrogen-bond donors (Lipinski definition) is 1. The lowest BCUT2D eigenvalue weighted by Crippen LogP contribution is -2.39. The predicted octanol–water partition coefficient (Wildman–Crippen LogP) is 0.795. The number of nitrogens with one attached hydrogen (secondary N) is 1. The number of ether oxygens (including phenoxy) is 1. The van der Waals surface area contributed by atoms with Crippen LogP contribution in [0.2, 0.25) is 0 Å². The highest BCUT2D eigenvalue weighted by molar-refractivity contribution is 7.52. The van der Waals surface area contributed by atoms with Gasteiger partial charge in [0.2, 0.25) is 0 Å². The second-order valence-corrected chi connectivity index (χ2v) is 4.55. The fraction of sp³-hybridized carbons (Fsp3) is 0.667. The van der Waals surface area contributed by atoms with Gasteiger partial charge in [-0.3, -0.25) is 9.05 Å². The van der Waals surface area contributed by atoms with Crippen molar-refractivity contribution in [2.45, 2.75) is 0 Å². The van der Waals surface area contributed by atoms with Gasteiger partial charge < -0.3 is 4.74 Å². The zero-order valence-electron chi connectivity index (χ0n) is 8.84. The summed E-state index contributed by atoms with van der Waals surface area (Å²) in [6, 6.07) is -0.950. The van der Waals surface area contributed by atoms with Crippen molar-refractivity contribution in [1.29, 1.82) is 0 Å². The average molecular weight is 240 g/mol. The Morgan fingerprint density at radius 2 is 1.67 bits per heavy atom.